The van der Waals surface area contributed by atoms with Crippen LogP contribution < -0.4 is 5.32 Å². The van der Waals surface area contributed by atoms with Gasteiger partial charge >= 0.3 is 0 Å². The average Bonchev–Trinajstić information content (AvgIpc) is 2.99. The van der Waals surface area contributed by atoms with Gasteiger partial charge in [0.25, 0.3) is 0 Å². The molecule has 2 aromatic rings. The van der Waals surface area contributed by atoms with E-state index in [1.165, 1.54) is 35.2 Å². The first-order valence-electron chi connectivity index (χ1n) is 7.59. The predicted octanol–water partition coefficient (Wildman–Crippen LogP) is 4.22. The maximum absolute atomic E-state index is 12.9. The van der Waals surface area contributed by atoms with Crippen LogP contribution in [0.2, 0.25) is 0 Å². The number of aromatic nitrogens is 2. The first-order chi connectivity index (χ1) is 11.4. The summed E-state index contributed by atoms with van der Waals surface area (Å²) in [4.78, 5) is 12.2. The molecule has 1 heterocycles. The Kier molecular flexibility index (Phi) is 7.51. The molecule has 0 aliphatic carbocycles. The molecule has 0 fully saturated rings. The second-order valence-corrected chi connectivity index (χ2v) is 9.48. The number of hydrogen-bond donors (Lipinski definition) is 1. The molecule has 0 aliphatic heterocycles. The van der Waals surface area contributed by atoms with Gasteiger partial charge in [-0.05, 0) is 30.5 Å². The molecule has 4 nitrogen and oxygen atoms in total. The highest BCUT2D eigenvalue weighted by atomic mass is 32.2. The van der Waals surface area contributed by atoms with Gasteiger partial charge in [0.15, 0.2) is 8.68 Å². The van der Waals surface area contributed by atoms with Gasteiger partial charge in [-0.2, -0.15) is 0 Å². The van der Waals surface area contributed by atoms with Crippen molar-refractivity contribution in [1.29, 1.82) is 0 Å². The van der Waals surface area contributed by atoms with Gasteiger partial charge in [0.1, 0.15) is 5.82 Å². The summed E-state index contributed by atoms with van der Waals surface area (Å²) in [7, 11) is 0. The highest BCUT2D eigenvalue weighted by Crippen LogP contribution is 2.31. The van der Waals surface area contributed by atoms with E-state index in [2.05, 4.69) is 29.4 Å². The molecular formula is C16H20FN3OS3. The maximum Gasteiger partial charge on any atom is 0.233 e. The number of carbonyl (C=O) groups is 1. The number of carbonyl (C=O) groups excluding carboxylic acids is 1. The van der Waals surface area contributed by atoms with E-state index in [1.54, 1.807) is 23.9 Å². The molecule has 1 aromatic heterocycles. The van der Waals surface area contributed by atoms with Crippen LogP contribution >= 0.6 is 34.9 Å². The summed E-state index contributed by atoms with van der Waals surface area (Å²) in [5.74, 6) is 1.26. The second kappa shape index (κ2) is 9.39. The fraction of sp³-hybridized carbons (Fsp3) is 0.438. The Morgan fingerprint density at radius 1 is 1.21 bits per heavy atom. The second-order valence-electron chi connectivity index (χ2n) is 5.64. The summed E-state index contributed by atoms with van der Waals surface area (Å²) in [6, 6.07) is 6.10. The van der Waals surface area contributed by atoms with E-state index in [9.17, 15) is 9.18 Å². The lowest BCUT2D eigenvalue weighted by Gasteiger charge is -2.10. The van der Waals surface area contributed by atoms with Gasteiger partial charge in [0.2, 0.25) is 5.91 Å². The zero-order chi connectivity index (χ0) is 17.5. The van der Waals surface area contributed by atoms with Crippen LogP contribution in [0.3, 0.4) is 0 Å². The summed E-state index contributed by atoms with van der Waals surface area (Å²) in [5, 5.41) is 10.9. The number of benzene rings is 1. The molecule has 0 unspecified atom stereocenters. The molecule has 2 rings (SSSR count). The minimum absolute atomic E-state index is 0.0732. The largest absolute Gasteiger partial charge is 0.351 e. The fourth-order valence-corrected chi connectivity index (χ4v) is 4.85. The number of nitrogens with zero attached hydrogens (tertiary/aromatic N) is 2. The highest BCUT2D eigenvalue weighted by Gasteiger charge is 2.17. The Morgan fingerprint density at radius 3 is 2.54 bits per heavy atom. The van der Waals surface area contributed by atoms with E-state index in [1.807, 2.05) is 6.92 Å². The lowest BCUT2D eigenvalue weighted by Crippen LogP contribution is -2.30. The van der Waals surface area contributed by atoms with Crippen molar-refractivity contribution in [2.45, 2.75) is 41.2 Å². The Morgan fingerprint density at radius 2 is 1.88 bits per heavy atom. The molecule has 0 spiro atoms. The minimum Gasteiger partial charge on any atom is -0.351 e. The number of nitrogens with one attached hydrogen (secondary N) is 1. The van der Waals surface area contributed by atoms with Crippen LogP contribution in [0.1, 0.15) is 26.3 Å². The van der Waals surface area contributed by atoms with E-state index >= 15 is 0 Å². The Labute approximate surface area is 154 Å². The smallest absolute Gasteiger partial charge is 0.233 e. The lowest BCUT2D eigenvalue weighted by atomic mass is 10.2. The van der Waals surface area contributed by atoms with E-state index in [4.69, 9.17) is 0 Å². The highest BCUT2D eigenvalue weighted by molar-refractivity contribution is 8.03. The SMILES string of the molecule is CC(C)CSc1nnc(S[C@H](C)C(=O)NCc2ccc(F)cc2)s1. The van der Waals surface area contributed by atoms with Crippen molar-refractivity contribution in [3.8, 4) is 0 Å². The summed E-state index contributed by atoms with van der Waals surface area (Å²) >= 11 is 4.62. The fourth-order valence-electron chi connectivity index (χ4n) is 1.68. The topological polar surface area (TPSA) is 54.9 Å². The molecule has 0 saturated heterocycles. The molecule has 1 aromatic carbocycles. The summed E-state index contributed by atoms with van der Waals surface area (Å²) in [6.45, 7) is 6.55. The molecule has 0 aliphatic rings. The van der Waals surface area contributed by atoms with Gasteiger partial charge in [-0.15, -0.1) is 10.2 Å². The van der Waals surface area contributed by atoms with E-state index in [0.29, 0.717) is 12.5 Å². The van der Waals surface area contributed by atoms with Gasteiger partial charge in [0, 0.05) is 12.3 Å². The zero-order valence-electron chi connectivity index (χ0n) is 13.8. The molecule has 24 heavy (non-hydrogen) atoms. The molecule has 1 amide bonds. The third-order valence-corrected chi connectivity index (χ3v) is 6.62. The number of hydrogen-bond acceptors (Lipinski definition) is 6. The van der Waals surface area contributed by atoms with E-state index < -0.39 is 0 Å². The summed E-state index contributed by atoms with van der Waals surface area (Å²) < 4.78 is 14.6. The van der Waals surface area contributed by atoms with Gasteiger partial charge in [-0.3, -0.25) is 4.79 Å². The third-order valence-electron chi connectivity index (χ3n) is 2.95. The quantitative estimate of drug-likeness (QED) is 0.690. The lowest BCUT2D eigenvalue weighted by molar-refractivity contribution is -0.120. The molecule has 0 radical (unpaired) electrons. The van der Waals surface area contributed by atoms with Crippen molar-refractivity contribution in [2.75, 3.05) is 5.75 Å². The monoisotopic (exact) mass is 385 g/mol. The standard InChI is InChI=1S/C16H20FN3OS3/c1-10(2)9-22-15-19-20-16(24-15)23-11(3)14(21)18-8-12-4-6-13(17)7-5-12/h4-7,10-11H,8-9H2,1-3H3,(H,18,21)/t11-/m1/s1. The third kappa shape index (κ3) is 6.41. The van der Waals surface area contributed by atoms with Crippen LogP contribution in [0.4, 0.5) is 4.39 Å². The molecular weight excluding hydrogens is 365 g/mol. The Balaban J connectivity index is 1.79. The molecule has 0 bridgehead atoms. The Hall–Kier alpha value is -1.12. The van der Waals surface area contributed by atoms with Crippen LogP contribution in [0, 0.1) is 11.7 Å². The van der Waals surface area contributed by atoms with Crippen LogP contribution in [0.15, 0.2) is 32.9 Å². The molecule has 0 saturated carbocycles. The molecule has 1 atom stereocenters. The number of thioether (sulfide) groups is 2. The molecule has 8 heteroatoms. The molecule has 130 valence electrons. The predicted molar refractivity (Wildman–Crippen MR) is 99.0 cm³/mol. The van der Waals surface area contributed by atoms with Crippen molar-refractivity contribution >= 4 is 40.8 Å². The van der Waals surface area contributed by atoms with Crippen molar-refractivity contribution < 1.29 is 9.18 Å². The number of amides is 1. The van der Waals surface area contributed by atoms with Crippen LogP contribution in [0.5, 0.6) is 0 Å². The van der Waals surface area contributed by atoms with Crippen LogP contribution in [-0.4, -0.2) is 27.1 Å². The maximum atomic E-state index is 12.9. The van der Waals surface area contributed by atoms with Crippen molar-refractivity contribution in [2.24, 2.45) is 5.92 Å². The summed E-state index contributed by atoms with van der Waals surface area (Å²) in [5.41, 5.74) is 0.866. The summed E-state index contributed by atoms with van der Waals surface area (Å²) in [6.07, 6.45) is 0. The van der Waals surface area contributed by atoms with Gasteiger partial charge in [-0.1, -0.05) is 60.8 Å². The van der Waals surface area contributed by atoms with E-state index in [-0.39, 0.29) is 17.0 Å². The first kappa shape index (κ1) is 19.2. The Bertz CT molecular complexity index is 661. The van der Waals surface area contributed by atoms with Crippen molar-refractivity contribution in [3.05, 3.63) is 35.6 Å². The van der Waals surface area contributed by atoms with Crippen molar-refractivity contribution in [3.63, 3.8) is 0 Å². The average molecular weight is 386 g/mol. The number of rotatable bonds is 8. The molecule has 1 N–H and O–H groups in total. The zero-order valence-corrected chi connectivity index (χ0v) is 16.2. The van der Waals surface area contributed by atoms with Crippen molar-refractivity contribution in [1.82, 2.24) is 15.5 Å². The normalized spacial score (nSPS) is 12.4. The van der Waals surface area contributed by atoms with E-state index in [0.717, 1.165) is 20.0 Å². The van der Waals surface area contributed by atoms with Crippen LogP contribution in [0.25, 0.3) is 0 Å². The first-order valence-corrected chi connectivity index (χ1v) is 10.3. The van der Waals surface area contributed by atoms with Gasteiger partial charge in [-0.25, -0.2) is 4.39 Å². The van der Waals surface area contributed by atoms with Gasteiger partial charge in [0.05, 0.1) is 5.25 Å². The van der Waals surface area contributed by atoms with Crippen LogP contribution in [-0.2, 0) is 11.3 Å². The minimum atomic E-state index is -0.281. The van der Waals surface area contributed by atoms with Gasteiger partial charge < -0.3 is 5.32 Å². The number of halogens is 1.